The molecule has 0 atom stereocenters. The predicted molar refractivity (Wildman–Crippen MR) is 70.3 cm³/mol. The van der Waals surface area contributed by atoms with Crippen LogP contribution in [0.15, 0.2) is 24.3 Å². The summed E-state index contributed by atoms with van der Waals surface area (Å²) < 4.78 is 0. The van der Waals surface area contributed by atoms with Crippen LogP contribution in [0, 0.1) is 0 Å². The van der Waals surface area contributed by atoms with Crippen LogP contribution in [0.5, 0.6) is 5.75 Å². The van der Waals surface area contributed by atoms with Crippen molar-refractivity contribution in [3.63, 3.8) is 0 Å². The van der Waals surface area contributed by atoms with Crippen LogP contribution in [0.3, 0.4) is 0 Å². The molecule has 4 heteroatoms. The molecule has 1 aromatic carbocycles. The molecule has 0 spiro atoms. The molecule has 2 rings (SSSR count). The van der Waals surface area contributed by atoms with Crippen molar-refractivity contribution in [1.29, 1.82) is 0 Å². The Morgan fingerprint density at radius 3 is 2.33 bits per heavy atom. The Labute approximate surface area is 108 Å². The summed E-state index contributed by atoms with van der Waals surface area (Å²) in [6.45, 7) is 6.29. The van der Waals surface area contributed by atoms with Gasteiger partial charge < -0.3 is 10.0 Å². The van der Waals surface area contributed by atoms with Gasteiger partial charge in [-0.2, -0.15) is 0 Å². The SMILES string of the molecule is CCC(=O)N1CCN(Cc2ccc(O)cc2)CC1. The molecule has 1 aliphatic heterocycles. The van der Waals surface area contributed by atoms with E-state index in [1.54, 1.807) is 12.1 Å². The lowest BCUT2D eigenvalue weighted by Crippen LogP contribution is -2.48. The molecule has 1 fully saturated rings. The van der Waals surface area contributed by atoms with Crippen molar-refractivity contribution in [2.45, 2.75) is 19.9 Å². The molecule has 0 unspecified atom stereocenters. The van der Waals surface area contributed by atoms with E-state index < -0.39 is 0 Å². The van der Waals surface area contributed by atoms with E-state index in [1.165, 1.54) is 5.56 Å². The highest BCUT2D eigenvalue weighted by atomic mass is 16.3. The zero-order chi connectivity index (χ0) is 13.0. The highest BCUT2D eigenvalue weighted by Crippen LogP contribution is 2.13. The van der Waals surface area contributed by atoms with Crippen molar-refractivity contribution < 1.29 is 9.90 Å². The van der Waals surface area contributed by atoms with Gasteiger partial charge in [0.05, 0.1) is 0 Å². The second-order valence-electron chi connectivity index (χ2n) is 4.68. The van der Waals surface area contributed by atoms with Crippen molar-refractivity contribution in [3.8, 4) is 5.75 Å². The molecule has 0 aromatic heterocycles. The molecule has 0 radical (unpaired) electrons. The minimum absolute atomic E-state index is 0.249. The van der Waals surface area contributed by atoms with Crippen LogP contribution in [0.4, 0.5) is 0 Å². The van der Waals surface area contributed by atoms with Crippen molar-refractivity contribution in [1.82, 2.24) is 9.80 Å². The summed E-state index contributed by atoms with van der Waals surface area (Å²) in [4.78, 5) is 15.8. The van der Waals surface area contributed by atoms with E-state index in [0.29, 0.717) is 12.2 Å². The number of rotatable bonds is 3. The number of piperazine rings is 1. The minimum Gasteiger partial charge on any atom is -0.508 e. The second kappa shape index (κ2) is 5.87. The van der Waals surface area contributed by atoms with Gasteiger partial charge in [0.1, 0.15) is 5.75 Å². The van der Waals surface area contributed by atoms with Crippen molar-refractivity contribution in [2.24, 2.45) is 0 Å². The first kappa shape index (κ1) is 12.9. The first-order valence-electron chi connectivity index (χ1n) is 6.47. The van der Waals surface area contributed by atoms with Crippen LogP contribution >= 0.6 is 0 Å². The van der Waals surface area contributed by atoms with Crippen LogP contribution in [0.2, 0.25) is 0 Å². The number of phenols is 1. The van der Waals surface area contributed by atoms with Crippen LogP contribution in [-0.4, -0.2) is 47.0 Å². The lowest BCUT2D eigenvalue weighted by Gasteiger charge is -2.34. The number of carbonyl (C=O) groups excluding carboxylic acids is 1. The largest absolute Gasteiger partial charge is 0.508 e. The van der Waals surface area contributed by atoms with Crippen LogP contribution in [-0.2, 0) is 11.3 Å². The summed E-state index contributed by atoms with van der Waals surface area (Å²) in [6, 6.07) is 7.32. The quantitative estimate of drug-likeness (QED) is 0.880. The van der Waals surface area contributed by atoms with E-state index in [9.17, 15) is 9.90 Å². The van der Waals surface area contributed by atoms with E-state index in [-0.39, 0.29) is 5.91 Å². The van der Waals surface area contributed by atoms with Gasteiger partial charge in [0.15, 0.2) is 0 Å². The lowest BCUT2D eigenvalue weighted by atomic mass is 10.2. The number of carbonyl (C=O) groups is 1. The molecule has 0 saturated carbocycles. The zero-order valence-corrected chi connectivity index (χ0v) is 10.8. The Morgan fingerprint density at radius 1 is 1.17 bits per heavy atom. The Morgan fingerprint density at radius 2 is 1.78 bits per heavy atom. The summed E-state index contributed by atoms with van der Waals surface area (Å²) in [7, 11) is 0. The van der Waals surface area contributed by atoms with Gasteiger partial charge in [0, 0.05) is 39.1 Å². The second-order valence-corrected chi connectivity index (χ2v) is 4.68. The summed E-state index contributed by atoms with van der Waals surface area (Å²) >= 11 is 0. The maximum Gasteiger partial charge on any atom is 0.222 e. The maximum absolute atomic E-state index is 11.5. The number of amides is 1. The van der Waals surface area contributed by atoms with Gasteiger partial charge in [-0.1, -0.05) is 19.1 Å². The third-order valence-corrected chi connectivity index (χ3v) is 3.37. The zero-order valence-electron chi connectivity index (χ0n) is 10.8. The molecule has 1 aliphatic rings. The van der Waals surface area contributed by atoms with Crippen molar-refractivity contribution in [3.05, 3.63) is 29.8 Å². The van der Waals surface area contributed by atoms with Gasteiger partial charge in [-0.15, -0.1) is 0 Å². The average Bonchev–Trinajstić information content (AvgIpc) is 2.41. The summed E-state index contributed by atoms with van der Waals surface area (Å²) in [5.41, 5.74) is 1.20. The van der Waals surface area contributed by atoms with E-state index in [1.807, 2.05) is 24.0 Å². The third kappa shape index (κ3) is 3.23. The summed E-state index contributed by atoms with van der Waals surface area (Å²) in [5, 5.41) is 9.23. The van der Waals surface area contributed by atoms with Crippen LogP contribution < -0.4 is 0 Å². The molecule has 1 N–H and O–H groups in total. The van der Waals surface area contributed by atoms with Gasteiger partial charge >= 0.3 is 0 Å². The van der Waals surface area contributed by atoms with Gasteiger partial charge in [-0.3, -0.25) is 9.69 Å². The highest BCUT2D eigenvalue weighted by molar-refractivity contribution is 5.75. The summed E-state index contributed by atoms with van der Waals surface area (Å²) in [5.74, 6) is 0.552. The molecule has 0 aliphatic carbocycles. The number of phenolic OH excluding ortho intramolecular Hbond substituents is 1. The molecule has 1 aromatic rings. The van der Waals surface area contributed by atoms with E-state index in [2.05, 4.69) is 4.90 Å². The fraction of sp³-hybridized carbons (Fsp3) is 0.500. The van der Waals surface area contributed by atoms with Gasteiger partial charge in [0.25, 0.3) is 0 Å². The number of aromatic hydroxyl groups is 1. The van der Waals surface area contributed by atoms with Gasteiger partial charge in [-0.25, -0.2) is 0 Å². The monoisotopic (exact) mass is 248 g/mol. The van der Waals surface area contributed by atoms with Crippen LogP contribution in [0.1, 0.15) is 18.9 Å². The molecule has 18 heavy (non-hydrogen) atoms. The first-order valence-corrected chi connectivity index (χ1v) is 6.47. The summed E-state index contributed by atoms with van der Waals surface area (Å²) in [6.07, 6.45) is 0.595. The first-order chi connectivity index (χ1) is 8.69. The van der Waals surface area contributed by atoms with E-state index in [0.717, 1.165) is 32.7 Å². The van der Waals surface area contributed by atoms with Gasteiger partial charge in [-0.05, 0) is 17.7 Å². The predicted octanol–water partition coefficient (Wildman–Crippen LogP) is 1.45. The van der Waals surface area contributed by atoms with E-state index in [4.69, 9.17) is 0 Å². The molecular formula is C14H20N2O2. The van der Waals surface area contributed by atoms with Gasteiger partial charge in [0.2, 0.25) is 5.91 Å². The number of hydrogen-bond acceptors (Lipinski definition) is 3. The molecule has 1 amide bonds. The van der Waals surface area contributed by atoms with E-state index >= 15 is 0 Å². The van der Waals surface area contributed by atoms with Crippen molar-refractivity contribution >= 4 is 5.91 Å². The number of nitrogens with zero attached hydrogens (tertiary/aromatic N) is 2. The molecular weight excluding hydrogens is 228 g/mol. The molecule has 1 saturated heterocycles. The fourth-order valence-corrected chi connectivity index (χ4v) is 2.24. The Balaban J connectivity index is 1.83. The molecule has 98 valence electrons. The maximum atomic E-state index is 11.5. The Kier molecular flexibility index (Phi) is 4.20. The Bertz CT molecular complexity index is 395. The number of hydrogen-bond donors (Lipinski definition) is 1. The standard InChI is InChI=1S/C14H20N2O2/c1-2-14(18)16-9-7-15(8-10-16)11-12-3-5-13(17)6-4-12/h3-6,17H,2,7-11H2,1H3. The minimum atomic E-state index is 0.249. The fourth-order valence-electron chi connectivity index (χ4n) is 2.24. The molecule has 0 bridgehead atoms. The average molecular weight is 248 g/mol. The highest BCUT2D eigenvalue weighted by Gasteiger charge is 2.19. The Hall–Kier alpha value is -1.55. The smallest absolute Gasteiger partial charge is 0.222 e. The topological polar surface area (TPSA) is 43.8 Å². The lowest BCUT2D eigenvalue weighted by molar-refractivity contribution is -0.132. The van der Waals surface area contributed by atoms with Crippen LogP contribution in [0.25, 0.3) is 0 Å². The third-order valence-electron chi connectivity index (χ3n) is 3.37. The normalized spacial score (nSPS) is 16.8. The molecule has 4 nitrogen and oxygen atoms in total. The number of benzene rings is 1. The molecule has 1 heterocycles. The van der Waals surface area contributed by atoms with Crippen molar-refractivity contribution in [2.75, 3.05) is 26.2 Å².